The van der Waals surface area contributed by atoms with Gasteiger partial charge in [0.1, 0.15) is 17.7 Å². The van der Waals surface area contributed by atoms with E-state index >= 15 is 0 Å². The summed E-state index contributed by atoms with van der Waals surface area (Å²) in [5.74, 6) is -0.683. The summed E-state index contributed by atoms with van der Waals surface area (Å²) in [7, 11) is 1.58. The summed E-state index contributed by atoms with van der Waals surface area (Å²) in [4.78, 5) is 31.0. The molecule has 0 bridgehead atoms. The molecule has 1 atom stereocenters. The highest BCUT2D eigenvalue weighted by atomic mass is 19.1. The first-order valence-corrected chi connectivity index (χ1v) is 9.33. The van der Waals surface area contributed by atoms with Crippen molar-refractivity contribution in [2.75, 3.05) is 11.9 Å². The lowest BCUT2D eigenvalue weighted by Crippen LogP contribution is -2.47. The molecule has 0 aliphatic carbocycles. The molecule has 0 radical (unpaired) electrons. The quantitative estimate of drug-likeness (QED) is 0.711. The van der Waals surface area contributed by atoms with Crippen LogP contribution in [-0.4, -0.2) is 40.1 Å². The smallest absolute Gasteiger partial charge is 0.291 e. The molecule has 1 aromatic heterocycles. The Bertz CT molecular complexity index is 1050. The molecule has 0 saturated heterocycles. The average Bonchev–Trinajstić information content (AvgIpc) is 3.16. The van der Waals surface area contributed by atoms with Crippen molar-refractivity contribution in [2.24, 2.45) is 0 Å². The number of H-pyrrole nitrogens is 1. The number of aryl methyl sites for hydroxylation is 1. The third kappa shape index (κ3) is 4.01. The minimum Gasteiger partial charge on any atom is -0.337 e. The number of nitrogens with one attached hydrogen (secondary N) is 2. The topological polar surface area (TPSA) is 91.0 Å². The zero-order valence-electron chi connectivity index (χ0n) is 15.9. The predicted octanol–water partition coefficient (Wildman–Crippen LogP) is 2.24. The largest absolute Gasteiger partial charge is 0.337 e. The van der Waals surface area contributed by atoms with Crippen LogP contribution >= 0.6 is 0 Å². The van der Waals surface area contributed by atoms with Gasteiger partial charge in [-0.1, -0.05) is 36.4 Å². The van der Waals surface area contributed by atoms with Crippen molar-refractivity contribution in [1.82, 2.24) is 20.5 Å². The number of fused-ring (bicyclic) bond motifs is 1. The van der Waals surface area contributed by atoms with E-state index in [0.29, 0.717) is 30.8 Å². The van der Waals surface area contributed by atoms with E-state index in [-0.39, 0.29) is 11.7 Å². The number of nitrogens with zero attached hydrogens (tertiary/aromatic N) is 3. The molecule has 2 N–H and O–H groups in total. The molecule has 1 aliphatic heterocycles. The molecule has 148 valence electrons. The molecule has 2 aromatic carbocycles. The number of carbonyl (C=O) groups excluding carboxylic acids is 2. The Morgan fingerprint density at radius 3 is 2.86 bits per heavy atom. The number of benzene rings is 2. The third-order valence-electron chi connectivity index (χ3n) is 4.99. The van der Waals surface area contributed by atoms with Gasteiger partial charge < -0.3 is 10.2 Å². The number of likely N-dealkylation sites (N-methyl/N-ethyl adjacent to an activating group) is 1. The highest BCUT2D eigenvalue weighted by Gasteiger charge is 2.30. The van der Waals surface area contributed by atoms with E-state index < -0.39 is 17.8 Å². The van der Waals surface area contributed by atoms with Crippen LogP contribution in [0, 0.1) is 5.82 Å². The van der Waals surface area contributed by atoms with E-state index in [1.54, 1.807) is 13.1 Å². The molecule has 2 heterocycles. The van der Waals surface area contributed by atoms with Crippen LogP contribution in [0.4, 0.5) is 10.1 Å². The first kappa shape index (κ1) is 18.8. The van der Waals surface area contributed by atoms with Crippen molar-refractivity contribution < 1.29 is 14.0 Å². The second kappa shape index (κ2) is 7.83. The summed E-state index contributed by atoms with van der Waals surface area (Å²) in [5, 5.41) is 9.45. The number of hydrogen-bond donors (Lipinski definition) is 2. The lowest BCUT2D eigenvalue weighted by atomic mass is 10.1. The molecular weight excluding hydrogens is 373 g/mol. The molecule has 1 unspecified atom stereocenters. The second-order valence-electron chi connectivity index (χ2n) is 7.00. The Hall–Kier alpha value is -3.55. The van der Waals surface area contributed by atoms with Crippen molar-refractivity contribution >= 4 is 17.5 Å². The molecule has 8 heteroatoms. The summed E-state index contributed by atoms with van der Waals surface area (Å²) in [5.41, 5.74) is 2.43. The maximum Gasteiger partial charge on any atom is 0.291 e. The molecule has 7 nitrogen and oxygen atoms in total. The minimum absolute atomic E-state index is 0.0146. The van der Waals surface area contributed by atoms with Crippen LogP contribution in [-0.2, 0) is 17.6 Å². The third-order valence-corrected chi connectivity index (χ3v) is 4.99. The fourth-order valence-electron chi connectivity index (χ4n) is 3.46. The van der Waals surface area contributed by atoms with Gasteiger partial charge in [-0.2, -0.15) is 0 Å². The maximum atomic E-state index is 13.6. The van der Waals surface area contributed by atoms with E-state index in [9.17, 15) is 14.0 Å². The highest BCUT2D eigenvalue weighted by molar-refractivity contribution is 6.01. The van der Waals surface area contributed by atoms with Crippen molar-refractivity contribution in [3.05, 3.63) is 77.1 Å². The maximum absolute atomic E-state index is 13.6. The van der Waals surface area contributed by atoms with Gasteiger partial charge in [-0.05, 0) is 36.1 Å². The number of carbonyl (C=O) groups is 2. The lowest BCUT2D eigenvalue weighted by molar-refractivity contribution is -0.120. The van der Waals surface area contributed by atoms with E-state index in [1.165, 1.54) is 17.0 Å². The number of anilines is 1. The van der Waals surface area contributed by atoms with Crippen molar-refractivity contribution in [2.45, 2.75) is 25.3 Å². The number of hydrogen-bond acceptors (Lipinski definition) is 4. The van der Waals surface area contributed by atoms with Crippen LogP contribution in [0.2, 0.25) is 0 Å². The fourth-order valence-corrected chi connectivity index (χ4v) is 3.46. The first-order chi connectivity index (χ1) is 14.0. The van der Waals surface area contributed by atoms with Gasteiger partial charge in [-0.3, -0.25) is 14.7 Å². The molecule has 0 saturated carbocycles. The number of halogens is 1. The van der Waals surface area contributed by atoms with Crippen LogP contribution in [0.25, 0.3) is 0 Å². The Labute approximate surface area is 167 Å². The Morgan fingerprint density at radius 2 is 2.07 bits per heavy atom. The summed E-state index contributed by atoms with van der Waals surface area (Å²) < 4.78 is 13.6. The highest BCUT2D eigenvalue weighted by Crippen LogP contribution is 2.27. The zero-order valence-corrected chi connectivity index (χ0v) is 15.9. The van der Waals surface area contributed by atoms with E-state index in [4.69, 9.17) is 0 Å². The van der Waals surface area contributed by atoms with Gasteiger partial charge in [0.25, 0.3) is 5.91 Å². The van der Waals surface area contributed by atoms with E-state index in [1.807, 2.05) is 30.3 Å². The molecule has 2 amide bonds. The number of rotatable bonds is 4. The van der Waals surface area contributed by atoms with Gasteiger partial charge in [0.2, 0.25) is 11.7 Å². The fraction of sp³-hybridized carbons (Fsp3) is 0.238. The SMILES string of the molecule is CN1C(=O)C(NC(=O)c2n[nH]c(Cc3ccccc3)n2)CCc2ccc(F)cc21. The molecule has 4 rings (SSSR count). The van der Waals surface area contributed by atoms with Crippen molar-refractivity contribution in [3.63, 3.8) is 0 Å². The summed E-state index contributed by atoms with van der Waals surface area (Å²) >= 11 is 0. The molecule has 1 aliphatic rings. The van der Waals surface area contributed by atoms with Gasteiger partial charge in [-0.15, -0.1) is 5.10 Å². The van der Waals surface area contributed by atoms with Gasteiger partial charge in [-0.25, -0.2) is 9.37 Å². The number of aromatic nitrogens is 3. The monoisotopic (exact) mass is 393 g/mol. The Kier molecular flexibility index (Phi) is 5.07. The predicted molar refractivity (Wildman–Crippen MR) is 105 cm³/mol. The first-order valence-electron chi connectivity index (χ1n) is 9.33. The Balaban J connectivity index is 1.45. The van der Waals surface area contributed by atoms with Gasteiger partial charge >= 0.3 is 0 Å². The molecule has 3 aromatic rings. The zero-order chi connectivity index (χ0) is 20.4. The van der Waals surface area contributed by atoms with Crippen LogP contribution in [0.1, 0.15) is 34.0 Å². The lowest BCUT2D eigenvalue weighted by Gasteiger charge is -2.21. The normalized spacial score (nSPS) is 16.3. The number of amides is 2. The number of aromatic amines is 1. The molecule has 29 heavy (non-hydrogen) atoms. The standard InChI is InChI=1S/C21H20FN5O2/c1-27-17-12-15(22)9-7-14(17)8-10-16(21(27)29)23-20(28)19-24-18(25-26-19)11-13-5-3-2-4-6-13/h2-7,9,12,16H,8,10-11H2,1H3,(H,23,28)(H,24,25,26). The Morgan fingerprint density at radius 1 is 1.28 bits per heavy atom. The van der Waals surface area contributed by atoms with Gasteiger partial charge in [0.15, 0.2) is 0 Å². The van der Waals surface area contributed by atoms with Crippen molar-refractivity contribution in [1.29, 1.82) is 0 Å². The molecular formula is C21H20FN5O2. The van der Waals surface area contributed by atoms with Gasteiger partial charge in [0.05, 0.1) is 0 Å². The minimum atomic E-state index is -0.737. The summed E-state index contributed by atoms with van der Waals surface area (Å²) in [6.45, 7) is 0. The van der Waals surface area contributed by atoms with E-state index in [0.717, 1.165) is 11.1 Å². The van der Waals surface area contributed by atoms with Crippen LogP contribution in [0.3, 0.4) is 0 Å². The van der Waals surface area contributed by atoms with Crippen LogP contribution in [0.5, 0.6) is 0 Å². The van der Waals surface area contributed by atoms with Crippen LogP contribution < -0.4 is 10.2 Å². The van der Waals surface area contributed by atoms with Crippen LogP contribution in [0.15, 0.2) is 48.5 Å². The summed E-state index contributed by atoms with van der Waals surface area (Å²) in [6, 6.07) is 13.3. The average molecular weight is 393 g/mol. The second-order valence-corrected chi connectivity index (χ2v) is 7.00. The van der Waals surface area contributed by atoms with Gasteiger partial charge in [0, 0.05) is 19.2 Å². The van der Waals surface area contributed by atoms with Crippen molar-refractivity contribution in [3.8, 4) is 0 Å². The van der Waals surface area contributed by atoms with E-state index in [2.05, 4.69) is 20.5 Å². The summed E-state index contributed by atoms with van der Waals surface area (Å²) in [6.07, 6.45) is 1.48. The molecule has 0 fully saturated rings. The molecule has 0 spiro atoms.